The zero-order valence-electron chi connectivity index (χ0n) is 10.4. The van der Waals surface area contributed by atoms with Crippen molar-refractivity contribution in [1.29, 1.82) is 0 Å². The zero-order valence-corrected chi connectivity index (χ0v) is 12.1. The van der Waals surface area contributed by atoms with E-state index in [1.807, 2.05) is 13.0 Å². The van der Waals surface area contributed by atoms with Gasteiger partial charge in [-0.25, -0.2) is 8.42 Å². The van der Waals surface area contributed by atoms with Crippen molar-refractivity contribution in [2.45, 2.75) is 17.6 Å². The van der Waals surface area contributed by atoms with Gasteiger partial charge in [-0.3, -0.25) is 0 Å². The van der Waals surface area contributed by atoms with Crippen molar-refractivity contribution < 1.29 is 8.42 Å². The van der Waals surface area contributed by atoms with Gasteiger partial charge in [0.2, 0.25) is 0 Å². The van der Waals surface area contributed by atoms with Gasteiger partial charge in [-0.1, -0.05) is 0 Å². The van der Waals surface area contributed by atoms with Crippen LogP contribution in [0, 0.1) is 18.8 Å². The fourth-order valence-corrected chi connectivity index (χ4v) is 5.85. The second kappa shape index (κ2) is 4.59. The molecule has 18 heavy (non-hydrogen) atoms. The van der Waals surface area contributed by atoms with E-state index < -0.39 is 10.0 Å². The minimum absolute atomic E-state index is 0.490. The number of thiophene rings is 1. The van der Waals surface area contributed by atoms with Gasteiger partial charge in [-0.15, -0.1) is 11.3 Å². The monoisotopic (exact) mass is 286 g/mol. The Balaban J connectivity index is 1.82. The SMILES string of the molecule is Cc1ccc(S(=O)(=O)N2CCC3CNCC3C2)s1. The highest BCUT2D eigenvalue weighted by Gasteiger charge is 2.38. The lowest BCUT2D eigenvalue weighted by Gasteiger charge is -2.33. The molecule has 0 spiro atoms. The van der Waals surface area contributed by atoms with Crippen LogP contribution in [0.25, 0.3) is 0 Å². The number of piperidine rings is 1. The number of fused-ring (bicyclic) bond motifs is 1. The maximum atomic E-state index is 12.5. The van der Waals surface area contributed by atoms with E-state index in [-0.39, 0.29) is 0 Å². The molecule has 100 valence electrons. The van der Waals surface area contributed by atoms with Gasteiger partial charge >= 0.3 is 0 Å². The molecule has 1 aromatic heterocycles. The third-order valence-corrected chi connectivity index (χ3v) is 7.31. The van der Waals surface area contributed by atoms with Crippen molar-refractivity contribution in [3.63, 3.8) is 0 Å². The second-order valence-electron chi connectivity index (χ2n) is 5.20. The second-order valence-corrected chi connectivity index (χ2v) is 8.65. The first kappa shape index (κ1) is 12.6. The van der Waals surface area contributed by atoms with E-state index in [0.29, 0.717) is 29.1 Å². The number of sulfonamides is 1. The predicted octanol–water partition coefficient (Wildman–Crippen LogP) is 1.29. The Morgan fingerprint density at radius 1 is 1.33 bits per heavy atom. The molecular formula is C12H18N2O2S2. The molecule has 0 amide bonds. The standard InChI is InChI=1S/C12H18N2O2S2/c1-9-2-3-12(17-9)18(15,16)14-5-4-10-6-13-7-11(10)8-14/h2-3,10-11,13H,4-8H2,1H3. The summed E-state index contributed by atoms with van der Waals surface area (Å²) in [4.78, 5) is 1.05. The molecule has 2 unspecified atom stereocenters. The van der Waals surface area contributed by atoms with Crippen LogP contribution in [0.2, 0.25) is 0 Å². The summed E-state index contributed by atoms with van der Waals surface area (Å²) in [5.74, 6) is 1.16. The lowest BCUT2D eigenvalue weighted by molar-refractivity contribution is 0.228. The summed E-state index contributed by atoms with van der Waals surface area (Å²) in [6.45, 7) is 5.30. The van der Waals surface area contributed by atoms with Gasteiger partial charge in [0.05, 0.1) is 0 Å². The van der Waals surface area contributed by atoms with E-state index in [0.717, 1.165) is 24.4 Å². The number of hydrogen-bond donors (Lipinski definition) is 1. The topological polar surface area (TPSA) is 49.4 Å². The van der Waals surface area contributed by atoms with Gasteiger partial charge < -0.3 is 5.32 Å². The average Bonchev–Trinajstić information content (AvgIpc) is 2.96. The van der Waals surface area contributed by atoms with Crippen LogP contribution < -0.4 is 5.32 Å². The number of aryl methyl sites for hydroxylation is 1. The van der Waals surface area contributed by atoms with E-state index in [4.69, 9.17) is 0 Å². The Morgan fingerprint density at radius 2 is 2.11 bits per heavy atom. The van der Waals surface area contributed by atoms with Gasteiger partial charge in [-0.05, 0) is 50.4 Å². The van der Waals surface area contributed by atoms with E-state index in [9.17, 15) is 8.42 Å². The largest absolute Gasteiger partial charge is 0.316 e. The Kier molecular flexibility index (Phi) is 3.21. The molecule has 2 fully saturated rings. The number of nitrogens with one attached hydrogen (secondary N) is 1. The Bertz CT molecular complexity index is 538. The third-order valence-electron chi connectivity index (χ3n) is 3.98. The molecule has 1 aromatic rings. The Hall–Kier alpha value is -0.430. The van der Waals surface area contributed by atoms with Crippen LogP contribution >= 0.6 is 11.3 Å². The van der Waals surface area contributed by atoms with Gasteiger partial charge in [-0.2, -0.15) is 4.31 Å². The van der Waals surface area contributed by atoms with Gasteiger partial charge in [0.1, 0.15) is 4.21 Å². The number of nitrogens with zero attached hydrogens (tertiary/aromatic N) is 1. The summed E-state index contributed by atoms with van der Waals surface area (Å²) >= 11 is 1.37. The lowest BCUT2D eigenvalue weighted by atomic mass is 9.90. The van der Waals surface area contributed by atoms with E-state index in [2.05, 4.69) is 5.32 Å². The van der Waals surface area contributed by atoms with E-state index >= 15 is 0 Å². The minimum Gasteiger partial charge on any atom is -0.316 e. The summed E-state index contributed by atoms with van der Waals surface area (Å²) in [6, 6.07) is 3.61. The summed E-state index contributed by atoms with van der Waals surface area (Å²) in [5.41, 5.74) is 0. The number of hydrogen-bond acceptors (Lipinski definition) is 4. The number of rotatable bonds is 2. The highest BCUT2D eigenvalue weighted by atomic mass is 32.2. The third kappa shape index (κ3) is 2.11. The summed E-state index contributed by atoms with van der Waals surface area (Å²) in [6.07, 6.45) is 0.987. The van der Waals surface area contributed by atoms with Crippen LogP contribution in [-0.2, 0) is 10.0 Å². The molecule has 2 saturated heterocycles. The van der Waals surface area contributed by atoms with Crippen LogP contribution in [0.1, 0.15) is 11.3 Å². The highest BCUT2D eigenvalue weighted by Crippen LogP contribution is 2.31. The molecule has 0 radical (unpaired) electrons. The van der Waals surface area contributed by atoms with Crippen molar-refractivity contribution in [2.75, 3.05) is 26.2 Å². The van der Waals surface area contributed by atoms with Gasteiger partial charge in [0, 0.05) is 18.0 Å². The smallest absolute Gasteiger partial charge is 0.252 e. The van der Waals surface area contributed by atoms with Crippen molar-refractivity contribution in [2.24, 2.45) is 11.8 Å². The molecule has 3 heterocycles. The van der Waals surface area contributed by atoms with E-state index in [1.54, 1.807) is 10.4 Å². The first-order chi connectivity index (χ1) is 8.57. The lowest BCUT2D eigenvalue weighted by Crippen LogP contribution is -2.43. The van der Waals surface area contributed by atoms with E-state index in [1.165, 1.54) is 11.3 Å². The molecule has 4 nitrogen and oxygen atoms in total. The Labute approximate surface area is 112 Å². The average molecular weight is 286 g/mol. The van der Waals surface area contributed by atoms with Crippen LogP contribution in [0.4, 0.5) is 0 Å². The molecule has 1 N–H and O–H groups in total. The van der Waals surface area contributed by atoms with Crippen LogP contribution in [0.3, 0.4) is 0 Å². The molecule has 2 aliphatic heterocycles. The fourth-order valence-electron chi connectivity index (χ4n) is 2.90. The molecule has 3 rings (SSSR count). The maximum absolute atomic E-state index is 12.5. The van der Waals surface area contributed by atoms with Crippen molar-refractivity contribution in [3.8, 4) is 0 Å². The zero-order chi connectivity index (χ0) is 12.8. The highest BCUT2D eigenvalue weighted by molar-refractivity contribution is 7.91. The molecule has 0 aliphatic carbocycles. The molecule has 2 atom stereocenters. The molecule has 6 heteroatoms. The van der Waals surface area contributed by atoms with Crippen molar-refractivity contribution in [3.05, 3.63) is 17.0 Å². The summed E-state index contributed by atoms with van der Waals surface area (Å²) in [5, 5.41) is 3.36. The molecule has 0 bridgehead atoms. The predicted molar refractivity (Wildman–Crippen MR) is 72.3 cm³/mol. The molecule has 0 aromatic carbocycles. The summed E-state index contributed by atoms with van der Waals surface area (Å²) < 4.78 is 27.2. The van der Waals surface area contributed by atoms with Gasteiger partial charge in [0.15, 0.2) is 0 Å². The normalized spacial score (nSPS) is 29.4. The quantitative estimate of drug-likeness (QED) is 0.891. The van der Waals surface area contributed by atoms with Crippen LogP contribution in [0.15, 0.2) is 16.3 Å². The first-order valence-electron chi connectivity index (χ1n) is 6.34. The van der Waals surface area contributed by atoms with Gasteiger partial charge in [0.25, 0.3) is 10.0 Å². The summed E-state index contributed by atoms with van der Waals surface area (Å²) in [7, 11) is -3.26. The molecule has 2 aliphatic rings. The first-order valence-corrected chi connectivity index (χ1v) is 8.60. The minimum atomic E-state index is -3.26. The maximum Gasteiger partial charge on any atom is 0.252 e. The molecule has 0 saturated carbocycles. The van der Waals surface area contributed by atoms with Crippen LogP contribution in [0.5, 0.6) is 0 Å². The van der Waals surface area contributed by atoms with Crippen molar-refractivity contribution >= 4 is 21.4 Å². The van der Waals surface area contributed by atoms with Crippen molar-refractivity contribution in [1.82, 2.24) is 9.62 Å². The Morgan fingerprint density at radius 3 is 2.83 bits per heavy atom. The fraction of sp³-hybridized carbons (Fsp3) is 0.667. The van der Waals surface area contributed by atoms with Crippen LogP contribution in [-0.4, -0.2) is 38.9 Å². The molecular weight excluding hydrogens is 268 g/mol.